The highest BCUT2D eigenvalue weighted by Gasteiger charge is 2.27. The molecule has 0 aromatic carbocycles. The Labute approximate surface area is 109 Å². The van der Waals surface area contributed by atoms with Crippen LogP contribution in [0.1, 0.15) is 47.0 Å². The van der Waals surface area contributed by atoms with Crippen molar-refractivity contribution in [3.05, 3.63) is 0 Å². The molecule has 4 heteroatoms. The van der Waals surface area contributed by atoms with E-state index in [4.69, 9.17) is 4.74 Å². The lowest BCUT2D eigenvalue weighted by Crippen LogP contribution is -2.35. The highest BCUT2D eigenvalue weighted by molar-refractivity contribution is 7.99. The number of hydrogen-bond donors (Lipinski definition) is 1. The Balaban J connectivity index is 2.20. The van der Waals surface area contributed by atoms with Crippen molar-refractivity contribution in [2.75, 3.05) is 18.1 Å². The van der Waals surface area contributed by atoms with Gasteiger partial charge in [0, 0.05) is 6.54 Å². The Bertz CT molecular complexity index is 255. The first-order chi connectivity index (χ1) is 7.81. The van der Waals surface area contributed by atoms with Crippen molar-refractivity contribution in [2.45, 2.75) is 52.6 Å². The number of alkyl carbamates (subject to hydrolysis) is 1. The van der Waals surface area contributed by atoms with E-state index < -0.39 is 5.60 Å². The Kier molecular flexibility index (Phi) is 5.17. The van der Waals surface area contributed by atoms with Gasteiger partial charge in [-0.1, -0.05) is 6.92 Å². The zero-order valence-electron chi connectivity index (χ0n) is 11.5. The van der Waals surface area contributed by atoms with Crippen molar-refractivity contribution in [2.24, 2.45) is 5.41 Å². The molecule has 1 aliphatic heterocycles. The molecule has 3 nitrogen and oxygen atoms in total. The molecular weight excluding hydrogens is 234 g/mol. The monoisotopic (exact) mass is 259 g/mol. The van der Waals surface area contributed by atoms with Gasteiger partial charge in [0.2, 0.25) is 0 Å². The number of rotatable bonds is 3. The quantitative estimate of drug-likeness (QED) is 0.844. The van der Waals surface area contributed by atoms with E-state index in [9.17, 15) is 4.79 Å². The van der Waals surface area contributed by atoms with Crippen molar-refractivity contribution in [3.63, 3.8) is 0 Å². The van der Waals surface area contributed by atoms with E-state index in [1.165, 1.54) is 24.3 Å². The average molecular weight is 259 g/mol. The molecule has 17 heavy (non-hydrogen) atoms. The van der Waals surface area contributed by atoms with Gasteiger partial charge in [0.25, 0.3) is 0 Å². The number of nitrogens with one attached hydrogen (secondary N) is 1. The van der Waals surface area contributed by atoms with Crippen molar-refractivity contribution in [1.82, 2.24) is 5.32 Å². The first-order valence-electron chi connectivity index (χ1n) is 6.35. The van der Waals surface area contributed by atoms with Gasteiger partial charge in [-0.25, -0.2) is 4.79 Å². The van der Waals surface area contributed by atoms with Gasteiger partial charge in [-0.15, -0.1) is 0 Å². The maximum absolute atomic E-state index is 11.5. The lowest BCUT2D eigenvalue weighted by molar-refractivity contribution is 0.0521. The summed E-state index contributed by atoms with van der Waals surface area (Å²) in [5.41, 5.74) is -0.0212. The van der Waals surface area contributed by atoms with Crippen molar-refractivity contribution >= 4 is 17.9 Å². The molecule has 1 fully saturated rings. The molecular formula is C13H25NO2S. The first kappa shape index (κ1) is 14.7. The molecule has 0 bridgehead atoms. The summed E-state index contributed by atoms with van der Waals surface area (Å²) in [6.07, 6.45) is 3.31. The standard InChI is InChI=1S/C13H25NO2S/c1-12(2,3)16-11(15)14-8-7-13(4)6-5-9-17-10-13/h5-10H2,1-4H3,(H,14,15). The molecule has 1 saturated heterocycles. The van der Waals surface area contributed by atoms with Crippen LogP contribution in [0.3, 0.4) is 0 Å². The molecule has 1 amide bonds. The molecule has 0 saturated carbocycles. The largest absolute Gasteiger partial charge is 0.444 e. The highest BCUT2D eigenvalue weighted by Crippen LogP contribution is 2.36. The summed E-state index contributed by atoms with van der Waals surface area (Å²) >= 11 is 2.03. The van der Waals surface area contributed by atoms with Gasteiger partial charge in [-0.2, -0.15) is 11.8 Å². The van der Waals surface area contributed by atoms with Gasteiger partial charge in [0.05, 0.1) is 0 Å². The second-order valence-corrected chi connectivity index (χ2v) is 7.25. The summed E-state index contributed by atoms with van der Waals surface area (Å²) in [7, 11) is 0. The molecule has 1 N–H and O–H groups in total. The molecule has 0 aromatic rings. The molecule has 1 heterocycles. The summed E-state index contributed by atoms with van der Waals surface area (Å²) in [6.45, 7) is 8.67. The minimum atomic E-state index is -0.408. The van der Waals surface area contributed by atoms with Crippen LogP contribution in [-0.4, -0.2) is 29.7 Å². The minimum Gasteiger partial charge on any atom is -0.444 e. The van der Waals surface area contributed by atoms with E-state index in [0.29, 0.717) is 12.0 Å². The maximum Gasteiger partial charge on any atom is 0.407 e. The topological polar surface area (TPSA) is 38.3 Å². The first-order valence-corrected chi connectivity index (χ1v) is 7.51. The number of carbonyl (C=O) groups is 1. The predicted octanol–water partition coefficient (Wildman–Crippen LogP) is 3.43. The van der Waals surface area contributed by atoms with Gasteiger partial charge in [-0.3, -0.25) is 0 Å². The number of thioether (sulfide) groups is 1. The van der Waals surface area contributed by atoms with Crippen LogP contribution in [0, 0.1) is 5.41 Å². The van der Waals surface area contributed by atoms with E-state index in [0.717, 1.165) is 6.42 Å². The van der Waals surface area contributed by atoms with Gasteiger partial charge in [-0.05, 0) is 57.0 Å². The van der Waals surface area contributed by atoms with E-state index in [1.807, 2.05) is 32.5 Å². The molecule has 1 rings (SSSR count). The van der Waals surface area contributed by atoms with Crippen LogP contribution in [0.2, 0.25) is 0 Å². The Morgan fingerprint density at radius 3 is 2.71 bits per heavy atom. The second kappa shape index (κ2) is 5.98. The molecule has 0 aliphatic carbocycles. The fourth-order valence-electron chi connectivity index (χ4n) is 1.97. The summed E-state index contributed by atoms with van der Waals surface area (Å²) in [6, 6.07) is 0. The molecule has 1 unspecified atom stereocenters. The Morgan fingerprint density at radius 1 is 1.47 bits per heavy atom. The van der Waals surface area contributed by atoms with Crippen LogP contribution < -0.4 is 5.32 Å². The van der Waals surface area contributed by atoms with Crippen molar-refractivity contribution in [1.29, 1.82) is 0 Å². The van der Waals surface area contributed by atoms with E-state index in [1.54, 1.807) is 0 Å². The van der Waals surface area contributed by atoms with Gasteiger partial charge >= 0.3 is 6.09 Å². The number of ether oxygens (including phenoxy) is 1. The summed E-state index contributed by atoms with van der Waals surface area (Å²) in [4.78, 5) is 11.5. The van der Waals surface area contributed by atoms with Crippen LogP contribution >= 0.6 is 11.8 Å². The lowest BCUT2D eigenvalue weighted by atomic mass is 9.84. The van der Waals surface area contributed by atoms with Gasteiger partial charge in [0.15, 0.2) is 0 Å². The van der Waals surface area contributed by atoms with Crippen LogP contribution in [0.25, 0.3) is 0 Å². The van der Waals surface area contributed by atoms with E-state index in [2.05, 4.69) is 12.2 Å². The molecule has 0 spiro atoms. The van der Waals surface area contributed by atoms with Gasteiger partial charge in [0.1, 0.15) is 5.60 Å². The minimum absolute atomic E-state index is 0.301. The van der Waals surface area contributed by atoms with Crippen LogP contribution in [0.15, 0.2) is 0 Å². The number of hydrogen-bond acceptors (Lipinski definition) is 3. The third-order valence-electron chi connectivity index (χ3n) is 2.92. The number of carbonyl (C=O) groups excluding carboxylic acids is 1. The van der Waals surface area contributed by atoms with Crippen molar-refractivity contribution in [3.8, 4) is 0 Å². The van der Waals surface area contributed by atoms with Crippen LogP contribution in [-0.2, 0) is 4.74 Å². The normalized spacial score (nSPS) is 25.4. The Morgan fingerprint density at radius 2 is 2.18 bits per heavy atom. The zero-order valence-corrected chi connectivity index (χ0v) is 12.3. The third-order valence-corrected chi connectivity index (χ3v) is 4.39. The fraction of sp³-hybridized carbons (Fsp3) is 0.923. The van der Waals surface area contributed by atoms with Crippen LogP contribution in [0.4, 0.5) is 4.79 Å². The lowest BCUT2D eigenvalue weighted by Gasteiger charge is -2.33. The molecule has 1 aliphatic rings. The SMILES string of the molecule is CC1(CCNC(=O)OC(C)(C)C)CCCSC1. The zero-order chi connectivity index (χ0) is 12.9. The number of amides is 1. The second-order valence-electron chi connectivity index (χ2n) is 6.15. The highest BCUT2D eigenvalue weighted by atomic mass is 32.2. The van der Waals surface area contributed by atoms with E-state index in [-0.39, 0.29) is 6.09 Å². The fourth-order valence-corrected chi connectivity index (χ4v) is 3.24. The van der Waals surface area contributed by atoms with Crippen LogP contribution in [0.5, 0.6) is 0 Å². The molecule has 1 atom stereocenters. The molecule has 100 valence electrons. The molecule has 0 aromatic heterocycles. The third kappa shape index (κ3) is 6.20. The summed E-state index contributed by atoms with van der Waals surface area (Å²) in [5.74, 6) is 2.50. The maximum atomic E-state index is 11.5. The summed E-state index contributed by atoms with van der Waals surface area (Å²) in [5, 5.41) is 2.84. The summed E-state index contributed by atoms with van der Waals surface area (Å²) < 4.78 is 5.20. The Hall–Kier alpha value is -0.380. The van der Waals surface area contributed by atoms with E-state index >= 15 is 0 Å². The smallest absolute Gasteiger partial charge is 0.407 e. The van der Waals surface area contributed by atoms with Gasteiger partial charge < -0.3 is 10.1 Å². The average Bonchev–Trinajstić information content (AvgIpc) is 2.15. The predicted molar refractivity (Wildman–Crippen MR) is 73.5 cm³/mol. The van der Waals surface area contributed by atoms with Crippen molar-refractivity contribution < 1.29 is 9.53 Å². The molecule has 0 radical (unpaired) electrons.